The summed E-state index contributed by atoms with van der Waals surface area (Å²) < 4.78 is 0.891. The zero-order valence-corrected chi connectivity index (χ0v) is 6.22. The van der Waals surface area contributed by atoms with Crippen molar-refractivity contribution in [2.24, 2.45) is 0 Å². The number of rotatable bonds is 1. The predicted octanol–water partition coefficient (Wildman–Crippen LogP) is 2.96. The molecule has 0 N–H and O–H groups in total. The Labute approximate surface area is 58.1 Å². The van der Waals surface area contributed by atoms with Gasteiger partial charge in [-0.2, -0.15) is 0 Å². The predicted molar refractivity (Wildman–Crippen MR) is 38.7 cm³/mol. The molecule has 0 bridgehead atoms. The van der Waals surface area contributed by atoms with Crippen LogP contribution in [0.1, 0.15) is 12.5 Å². The Balaban J connectivity index is 2.84. The second-order valence-corrected chi connectivity index (χ2v) is 3.16. The summed E-state index contributed by atoms with van der Waals surface area (Å²) in [5.41, 5.74) is 1.33. The van der Waals surface area contributed by atoms with Gasteiger partial charge in [-0.25, -0.2) is 0 Å². The van der Waals surface area contributed by atoms with Crippen LogP contribution in [0.3, 0.4) is 0 Å². The van der Waals surface area contributed by atoms with E-state index in [2.05, 4.69) is 12.3 Å². The summed E-state index contributed by atoms with van der Waals surface area (Å²) in [6, 6.07) is 2.01. The highest BCUT2D eigenvalue weighted by Gasteiger charge is 1.91. The highest BCUT2D eigenvalue weighted by molar-refractivity contribution is 7.14. The molecule has 1 aromatic rings. The van der Waals surface area contributed by atoms with Gasteiger partial charge < -0.3 is 0 Å². The van der Waals surface area contributed by atoms with Crippen molar-refractivity contribution in [3.63, 3.8) is 0 Å². The summed E-state index contributed by atoms with van der Waals surface area (Å²) in [5.74, 6) is 0. The van der Waals surface area contributed by atoms with Crippen LogP contribution in [0.5, 0.6) is 0 Å². The van der Waals surface area contributed by atoms with E-state index in [9.17, 15) is 0 Å². The second-order valence-electron chi connectivity index (χ2n) is 1.61. The monoisotopic (exact) mass is 146 g/mol. The van der Waals surface area contributed by atoms with Gasteiger partial charge >= 0.3 is 0 Å². The van der Waals surface area contributed by atoms with Crippen LogP contribution in [-0.4, -0.2) is 0 Å². The quantitative estimate of drug-likeness (QED) is 0.572. The summed E-state index contributed by atoms with van der Waals surface area (Å²) in [6.45, 7) is 2.12. The van der Waals surface area contributed by atoms with Crippen LogP contribution in [0.25, 0.3) is 0 Å². The molecule has 0 fully saturated rings. The van der Waals surface area contributed by atoms with Crippen molar-refractivity contribution in [2.45, 2.75) is 13.3 Å². The fraction of sp³-hybridized carbons (Fsp3) is 0.333. The fourth-order valence-electron chi connectivity index (χ4n) is 0.531. The van der Waals surface area contributed by atoms with Crippen molar-refractivity contribution in [3.05, 3.63) is 21.3 Å². The molecule has 1 rings (SSSR count). The van der Waals surface area contributed by atoms with Crippen LogP contribution in [0.15, 0.2) is 11.4 Å². The average molecular weight is 147 g/mol. The van der Waals surface area contributed by atoms with E-state index in [4.69, 9.17) is 11.6 Å². The van der Waals surface area contributed by atoms with Gasteiger partial charge in [0.15, 0.2) is 0 Å². The van der Waals surface area contributed by atoms with E-state index in [0.717, 1.165) is 10.8 Å². The third-order valence-electron chi connectivity index (χ3n) is 1.03. The third kappa shape index (κ3) is 1.23. The second kappa shape index (κ2) is 2.51. The first-order valence-electron chi connectivity index (χ1n) is 2.56. The van der Waals surface area contributed by atoms with Gasteiger partial charge in [-0.05, 0) is 23.4 Å². The molecule has 0 unspecified atom stereocenters. The normalized spacial score (nSPS) is 9.75. The van der Waals surface area contributed by atoms with Crippen LogP contribution < -0.4 is 0 Å². The van der Waals surface area contributed by atoms with Crippen molar-refractivity contribution in [3.8, 4) is 0 Å². The van der Waals surface area contributed by atoms with Crippen molar-refractivity contribution < 1.29 is 0 Å². The first kappa shape index (κ1) is 6.12. The molecule has 0 amide bonds. The van der Waals surface area contributed by atoms with Gasteiger partial charge in [-0.15, -0.1) is 11.3 Å². The Morgan fingerprint density at radius 1 is 1.75 bits per heavy atom. The molecular weight excluding hydrogens is 140 g/mol. The van der Waals surface area contributed by atoms with E-state index in [-0.39, 0.29) is 0 Å². The Morgan fingerprint density at radius 2 is 2.50 bits per heavy atom. The maximum Gasteiger partial charge on any atom is 0.0931 e. The molecule has 0 atom stereocenters. The van der Waals surface area contributed by atoms with Gasteiger partial charge in [0.25, 0.3) is 0 Å². The van der Waals surface area contributed by atoms with Crippen molar-refractivity contribution in [1.82, 2.24) is 0 Å². The van der Waals surface area contributed by atoms with Gasteiger partial charge in [0.2, 0.25) is 0 Å². The SMILES string of the molecule is CCc1csc(Cl)c1. The molecule has 0 aliphatic rings. The lowest BCUT2D eigenvalue weighted by molar-refractivity contribution is 1.16. The van der Waals surface area contributed by atoms with Gasteiger partial charge in [-0.3, -0.25) is 0 Å². The molecule has 0 aliphatic heterocycles. The van der Waals surface area contributed by atoms with Gasteiger partial charge in [0.1, 0.15) is 0 Å². The first-order valence-corrected chi connectivity index (χ1v) is 3.81. The number of halogens is 1. The van der Waals surface area contributed by atoms with Crippen LogP contribution in [0.4, 0.5) is 0 Å². The maximum atomic E-state index is 5.66. The Morgan fingerprint density at radius 3 is 2.75 bits per heavy atom. The van der Waals surface area contributed by atoms with E-state index in [1.165, 1.54) is 5.56 Å². The van der Waals surface area contributed by atoms with Crippen LogP contribution in [-0.2, 0) is 6.42 Å². The minimum atomic E-state index is 0.891. The summed E-state index contributed by atoms with van der Waals surface area (Å²) in [6.07, 6.45) is 1.09. The molecule has 0 saturated carbocycles. The topological polar surface area (TPSA) is 0 Å². The minimum absolute atomic E-state index is 0.891. The summed E-state index contributed by atoms with van der Waals surface area (Å²) in [4.78, 5) is 0. The zero-order chi connectivity index (χ0) is 5.98. The Hall–Kier alpha value is -0.0100. The average Bonchev–Trinajstić information content (AvgIpc) is 2.14. The standard InChI is InChI=1S/C6H7ClS/c1-2-5-3-6(7)8-4-5/h3-4H,2H2,1H3. The first-order chi connectivity index (χ1) is 3.83. The lowest BCUT2D eigenvalue weighted by atomic mass is 10.3. The fourth-order valence-corrected chi connectivity index (χ4v) is 1.52. The number of aryl methyl sites for hydroxylation is 1. The van der Waals surface area contributed by atoms with Gasteiger partial charge in [0.05, 0.1) is 4.34 Å². The van der Waals surface area contributed by atoms with E-state index >= 15 is 0 Å². The Kier molecular flexibility index (Phi) is 1.92. The molecule has 0 nitrogen and oxygen atoms in total. The molecule has 0 radical (unpaired) electrons. The molecule has 0 spiro atoms. The summed E-state index contributed by atoms with van der Waals surface area (Å²) in [5, 5.41) is 2.09. The summed E-state index contributed by atoms with van der Waals surface area (Å²) in [7, 11) is 0. The zero-order valence-electron chi connectivity index (χ0n) is 4.65. The van der Waals surface area contributed by atoms with Crippen molar-refractivity contribution >= 4 is 22.9 Å². The molecule has 8 heavy (non-hydrogen) atoms. The third-order valence-corrected chi connectivity index (χ3v) is 2.17. The highest BCUT2D eigenvalue weighted by Crippen LogP contribution is 2.19. The molecule has 0 aliphatic carbocycles. The lowest BCUT2D eigenvalue weighted by Crippen LogP contribution is -1.66. The molecule has 2 heteroatoms. The Bertz CT molecular complexity index is 169. The molecule has 44 valence electrons. The highest BCUT2D eigenvalue weighted by atomic mass is 35.5. The molecular formula is C6H7ClS. The van der Waals surface area contributed by atoms with Crippen molar-refractivity contribution in [1.29, 1.82) is 0 Å². The summed E-state index contributed by atoms with van der Waals surface area (Å²) >= 11 is 7.25. The number of hydrogen-bond acceptors (Lipinski definition) is 1. The van der Waals surface area contributed by atoms with E-state index in [1.807, 2.05) is 6.07 Å². The van der Waals surface area contributed by atoms with Crippen molar-refractivity contribution in [2.75, 3.05) is 0 Å². The maximum absolute atomic E-state index is 5.66. The van der Waals surface area contributed by atoms with E-state index in [0.29, 0.717) is 0 Å². The van der Waals surface area contributed by atoms with E-state index < -0.39 is 0 Å². The number of hydrogen-bond donors (Lipinski definition) is 0. The molecule has 1 heterocycles. The molecule has 0 saturated heterocycles. The van der Waals surface area contributed by atoms with Gasteiger partial charge in [0, 0.05) is 0 Å². The van der Waals surface area contributed by atoms with Crippen LogP contribution in [0, 0.1) is 0 Å². The largest absolute Gasteiger partial charge is 0.132 e. The lowest BCUT2D eigenvalue weighted by Gasteiger charge is -1.79. The smallest absolute Gasteiger partial charge is 0.0931 e. The van der Waals surface area contributed by atoms with Gasteiger partial charge in [-0.1, -0.05) is 18.5 Å². The number of thiophene rings is 1. The molecule has 1 aromatic heterocycles. The van der Waals surface area contributed by atoms with Crippen LogP contribution in [0.2, 0.25) is 4.34 Å². The molecule has 0 aromatic carbocycles. The van der Waals surface area contributed by atoms with Crippen LogP contribution >= 0.6 is 22.9 Å². The minimum Gasteiger partial charge on any atom is -0.132 e. The van der Waals surface area contributed by atoms with E-state index in [1.54, 1.807) is 11.3 Å².